The first kappa shape index (κ1) is 21.4. The fraction of sp³-hybridized carbons (Fsp3) is 0.296. The van der Waals surface area contributed by atoms with E-state index in [9.17, 15) is 0 Å². The van der Waals surface area contributed by atoms with E-state index in [1.54, 1.807) is 0 Å². The zero-order valence-electron chi connectivity index (χ0n) is 19.2. The highest BCUT2D eigenvalue weighted by Crippen LogP contribution is 2.46. The lowest BCUT2D eigenvalue weighted by Crippen LogP contribution is -2.46. The fourth-order valence-electron chi connectivity index (χ4n) is 4.10. The summed E-state index contributed by atoms with van der Waals surface area (Å²) in [6, 6.07) is 25.0. The minimum absolute atomic E-state index is 0.144. The van der Waals surface area contributed by atoms with Crippen LogP contribution in [0.1, 0.15) is 33.6 Å². The Balaban J connectivity index is 2.01. The van der Waals surface area contributed by atoms with Gasteiger partial charge in [-0.15, -0.1) is 0 Å². The number of hydrogen-bond acceptors (Lipinski definition) is 2. The number of benzene rings is 2. The Morgan fingerprint density at radius 1 is 0.871 bits per heavy atom. The summed E-state index contributed by atoms with van der Waals surface area (Å²) in [5, 5.41) is 0.144. The zero-order chi connectivity index (χ0) is 22.1. The SMILES string of the molecule is CCCC(C)(C)[Si](C)(C)Oc1c(-c2ccccc2)c(-c2ccccc2)nc2cccn12. The van der Waals surface area contributed by atoms with E-state index in [1.165, 1.54) is 0 Å². The van der Waals surface area contributed by atoms with Crippen LogP contribution in [0.25, 0.3) is 28.0 Å². The monoisotopic (exact) mass is 428 g/mol. The second-order valence-electron chi connectivity index (χ2n) is 9.36. The average molecular weight is 429 g/mol. The van der Waals surface area contributed by atoms with Gasteiger partial charge >= 0.3 is 0 Å². The molecule has 3 nitrogen and oxygen atoms in total. The number of hydrogen-bond donors (Lipinski definition) is 0. The summed E-state index contributed by atoms with van der Waals surface area (Å²) in [6.45, 7) is 11.7. The molecule has 0 spiro atoms. The van der Waals surface area contributed by atoms with Crippen LogP contribution in [-0.4, -0.2) is 17.7 Å². The van der Waals surface area contributed by atoms with Crippen LogP contribution in [0.5, 0.6) is 5.88 Å². The first-order valence-electron chi connectivity index (χ1n) is 11.1. The lowest BCUT2D eigenvalue weighted by molar-refractivity contribution is 0.440. The molecule has 0 aliphatic carbocycles. The van der Waals surface area contributed by atoms with E-state index in [-0.39, 0.29) is 5.04 Å². The maximum atomic E-state index is 7.10. The molecule has 0 saturated heterocycles. The third-order valence-electron chi connectivity index (χ3n) is 6.59. The Morgan fingerprint density at radius 2 is 1.48 bits per heavy atom. The Kier molecular flexibility index (Phi) is 5.76. The predicted molar refractivity (Wildman–Crippen MR) is 133 cm³/mol. The molecule has 0 aliphatic rings. The molecule has 4 rings (SSSR count). The summed E-state index contributed by atoms with van der Waals surface area (Å²) in [7, 11) is -2.12. The van der Waals surface area contributed by atoms with Crippen LogP contribution in [0.15, 0.2) is 79.0 Å². The van der Waals surface area contributed by atoms with Crippen molar-refractivity contribution in [2.45, 2.75) is 51.7 Å². The van der Waals surface area contributed by atoms with Gasteiger partial charge in [0.25, 0.3) is 8.32 Å². The van der Waals surface area contributed by atoms with Crippen LogP contribution in [0.4, 0.5) is 0 Å². The maximum Gasteiger partial charge on any atom is 0.252 e. The molecule has 2 aromatic carbocycles. The van der Waals surface area contributed by atoms with Gasteiger partial charge in [-0.05, 0) is 42.2 Å². The van der Waals surface area contributed by atoms with E-state index in [2.05, 4.69) is 105 Å². The van der Waals surface area contributed by atoms with Gasteiger partial charge in [-0.2, -0.15) is 0 Å². The van der Waals surface area contributed by atoms with E-state index in [1.807, 2.05) is 12.1 Å². The van der Waals surface area contributed by atoms with Crippen LogP contribution < -0.4 is 4.43 Å². The Labute approximate surface area is 186 Å². The highest BCUT2D eigenvalue weighted by Gasteiger charge is 2.43. The van der Waals surface area contributed by atoms with Gasteiger partial charge in [0.15, 0.2) is 5.88 Å². The summed E-state index contributed by atoms with van der Waals surface area (Å²) < 4.78 is 9.22. The molecular weight excluding hydrogens is 396 g/mol. The zero-order valence-corrected chi connectivity index (χ0v) is 20.2. The lowest BCUT2D eigenvalue weighted by Gasteiger charge is -2.40. The average Bonchev–Trinajstić information content (AvgIpc) is 3.23. The van der Waals surface area contributed by atoms with Gasteiger partial charge in [0.05, 0.1) is 11.3 Å². The van der Waals surface area contributed by atoms with Gasteiger partial charge in [-0.3, -0.25) is 4.40 Å². The molecule has 0 unspecified atom stereocenters. The van der Waals surface area contributed by atoms with Crippen molar-refractivity contribution in [1.29, 1.82) is 0 Å². The van der Waals surface area contributed by atoms with Gasteiger partial charge in [-0.1, -0.05) is 87.9 Å². The highest BCUT2D eigenvalue weighted by atomic mass is 28.4. The van der Waals surface area contributed by atoms with Crippen molar-refractivity contribution in [3.05, 3.63) is 79.0 Å². The Bertz CT molecular complexity index is 1160. The molecule has 4 aromatic rings. The third-order valence-corrected chi connectivity index (χ3v) is 10.8. The van der Waals surface area contributed by atoms with Crippen molar-refractivity contribution in [3.8, 4) is 28.3 Å². The van der Waals surface area contributed by atoms with Gasteiger partial charge in [0, 0.05) is 11.8 Å². The molecular formula is C27H32N2OSi. The molecule has 0 amide bonds. The number of nitrogens with zero attached hydrogens (tertiary/aromatic N) is 2. The highest BCUT2D eigenvalue weighted by molar-refractivity contribution is 6.74. The van der Waals surface area contributed by atoms with E-state index >= 15 is 0 Å². The molecule has 2 heterocycles. The van der Waals surface area contributed by atoms with E-state index in [0.717, 1.165) is 46.8 Å². The Hall–Kier alpha value is -2.85. The quantitative estimate of drug-likeness (QED) is 0.280. The van der Waals surface area contributed by atoms with E-state index < -0.39 is 8.32 Å². The topological polar surface area (TPSA) is 26.5 Å². The molecule has 2 aromatic heterocycles. The van der Waals surface area contributed by atoms with Crippen LogP contribution in [0, 0.1) is 0 Å². The first-order valence-corrected chi connectivity index (χ1v) is 14.1. The second kappa shape index (κ2) is 8.35. The van der Waals surface area contributed by atoms with E-state index in [4.69, 9.17) is 9.41 Å². The van der Waals surface area contributed by atoms with E-state index in [0.29, 0.717) is 0 Å². The summed E-state index contributed by atoms with van der Waals surface area (Å²) in [6.07, 6.45) is 4.37. The van der Waals surface area contributed by atoms with Crippen LogP contribution in [0.2, 0.25) is 18.1 Å². The van der Waals surface area contributed by atoms with Crippen LogP contribution >= 0.6 is 0 Å². The predicted octanol–water partition coefficient (Wildman–Crippen LogP) is 7.83. The minimum Gasteiger partial charge on any atom is -0.531 e. The van der Waals surface area contributed by atoms with Crippen molar-refractivity contribution >= 4 is 14.0 Å². The summed E-state index contributed by atoms with van der Waals surface area (Å²) in [5.74, 6) is 0.904. The summed E-state index contributed by atoms with van der Waals surface area (Å²) in [4.78, 5) is 5.07. The second-order valence-corrected chi connectivity index (χ2v) is 13.9. The fourth-order valence-corrected chi connectivity index (χ4v) is 5.92. The molecule has 4 heteroatoms. The number of aromatic nitrogens is 2. The largest absolute Gasteiger partial charge is 0.531 e. The normalized spacial score (nSPS) is 12.3. The minimum atomic E-state index is -2.12. The molecule has 31 heavy (non-hydrogen) atoms. The van der Waals surface area contributed by atoms with Gasteiger partial charge < -0.3 is 4.43 Å². The lowest BCUT2D eigenvalue weighted by atomic mass is 10.00. The smallest absolute Gasteiger partial charge is 0.252 e. The van der Waals surface area contributed by atoms with Crippen molar-refractivity contribution in [1.82, 2.24) is 9.38 Å². The molecule has 0 aliphatic heterocycles. The van der Waals surface area contributed by atoms with Crippen molar-refractivity contribution in [2.24, 2.45) is 0 Å². The van der Waals surface area contributed by atoms with Gasteiger partial charge in [0.2, 0.25) is 0 Å². The van der Waals surface area contributed by atoms with Crippen LogP contribution in [0.3, 0.4) is 0 Å². The van der Waals surface area contributed by atoms with Crippen molar-refractivity contribution in [3.63, 3.8) is 0 Å². The molecule has 0 bridgehead atoms. The van der Waals surface area contributed by atoms with Gasteiger partial charge in [0.1, 0.15) is 5.65 Å². The van der Waals surface area contributed by atoms with Crippen molar-refractivity contribution < 1.29 is 4.43 Å². The van der Waals surface area contributed by atoms with Crippen molar-refractivity contribution in [2.75, 3.05) is 0 Å². The molecule has 0 fully saturated rings. The maximum absolute atomic E-state index is 7.10. The third kappa shape index (κ3) is 4.04. The standard InChI is InChI=1S/C27H32N2OSi/c1-6-19-27(2,3)31(4,5)30-26-24(21-14-9-7-10-15-21)25(22-16-11-8-12-17-22)28-23-18-13-20-29(23)26/h7-18,20H,6,19H2,1-5H3. The summed E-state index contributed by atoms with van der Waals surface area (Å²) in [5.41, 5.74) is 5.15. The molecule has 0 atom stereocenters. The molecule has 160 valence electrons. The number of fused-ring (bicyclic) bond motifs is 1. The van der Waals surface area contributed by atoms with Gasteiger partial charge in [-0.25, -0.2) is 4.98 Å². The first-order chi connectivity index (χ1) is 14.8. The van der Waals surface area contributed by atoms with Crippen LogP contribution in [-0.2, 0) is 0 Å². The molecule has 0 saturated carbocycles. The summed E-state index contributed by atoms with van der Waals surface area (Å²) >= 11 is 0. The Morgan fingerprint density at radius 3 is 2.10 bits per heavy atom. The molecule has 0 radical (unpaired) electrons. The molecule has 0 N–H and O–H groups in total. The number of rotatable bonds is 7.